The van der Waals surface area contributed by atoms with Crippen molar-refractivity contribution in [3.05, 3.63) is 47.5 Å². The van der Waals surface area contributed by atoms with Gasteiger partial charge in [-0.2, -0.15) is 5.10 Å². The number of rotatable bonds is 6. The van der Waals surface area contributed by atoms with Crippen LogP contribution in [0.5, 0.6) is 0 Å². The number of benzene rings is 1. The minimum absolute atomic E-state index is 0.0205. The summed E-state index contributed by atoms with van der Waals surface area (Å²) in [6.45, 7) is 6.38. The topological polar surface area (TPSA) is 30.7 Å². The number of alkyl halides is 2. The van der Waals surface area contributed by atoms with E-state index in [2.05, 4.69) is 87.0 Å². The highest BCUT2D eigenvalue weighted by Gasteiger charge is 2.32. The van der Waals surface area contributed by atoms with Crippen molar-refractivity contribution in [3.63, 3.8) is 0 Å². The van der Waals surface area contributed by atoms with Crippen LogP contribution >= 0.6 is 31.9 Å². The van der Waals surface area contributed by atoms with Crippen LogP contribution in [0.25, 0.3) is 0 Å². The third-order valence-electron chi connectivity index (χ3n) is 3.81. The van der Waals surface area contributed by atoms with E-state index in [4.69, 9.17) is 0 Å². The van der Waals surface area contributed by atoms with Crippen molar-refractivity contribution in [1.82, 2.24) is 14.8 Å². The third-order valence-corrected chi connectivity index (χ3v) is 5.96. The summed E-state index contributed by atoms with van der Waals surface area (Å²) in [7, 11) is 0. The summed E-state index contributed by atoms with van der Waals surface area (Å²) in [5, 5.41) is 6.10. The minimum Gasteiger partial charge on any atom is -0.248 e. The lowest BCUT2D eigenvalue weighted by Gasteiger charge is -2.31. The molecule has 0 bridgehead atoms. The van der Waals surface area contributed by atoms with Gasteiger partial charge in [-0.1, -0.05) is 61.7 Å². The van der Waals surface area contributed by atoms with E-state index in [0.717, 1.165) is 22.9 Å². The molecule has 0 saturated carbocycles. The van der Waals surface area contributed by atoms with Crippen LogP contribution in [0.2, 0.25) is 0 Å². The van der Waals surface area contributed by atoms with Gasteiger partial charge in [-0.3, -0.25) is 0 Å². The average molecular weight is 415 g/mol. The molecule has 0 spiro atoms. The Morgan fingerprint density at radius 2 is 1.76 bits per heavy atom. The van der Waals surface area contributed by atoms with Crippen LogP contribution in [-0.4, -0.2) is 25.4 Å². The molecule has 21 heavy (non-hydrogen) atoms. The second kappa shape index (κ2) is 7.05. The zero-order valence-corrected chi connectivity index (χ0v) is 15.9. The van der Waals surface area contributed by atoms with Crippen LogP contribution in [0.1, 0.15) is 36.8 Å². The van der Waals surface area contributed by atoms with E-state index in [-0.39, 0.29) is 5.41 Å². The highest BCUT2D eigenvalue weighted by molar-refractivity contribution is 9.09. The predicted octanol–water partition coefficient (Wildman–Crippen LogP) is 4.44. The molecular weight excluding hydrogens is 394 g/mol. The normalized spacial score (nSPS) is 12.1. The van der Waals surface area contributed by atoms with Crippen LogP contribution in [0.4, 0.5) is 0 Å². The van der Waals surface area contributed by atoms with Crippen molar-refractivity contribution in [2.45, 2.75) is 38.6 Å². The molecule has 0 aliphatic carbocycles. The number of halogens is 2. The molecule has 114 valence electrons. The van der Waals surface area contributed by atoms with Gasteiger partial charge in [0.05, 0.1) is 0 Å². The maximum atomic E-state index is 4.47. The predicted molar refractivity (Wildman–Crippen MR) is 94.6 cm³/mol. The number of hydrogen-bond donors (Lipinski definition) is 0. The molecule has 0 amide bonds. The molecule has 0 radical (unpaired) electrons. The molecule has 0 unspecified atom stereocenters. The number of hydrogen-bond acceptors (Lipinski definition) is 2. The first-order chi connectivity index (χ1) is 10.0. The van der Waals surface area contributed by atoms with Gasteiger partial charge in [-0.15, -0.1) is 0 Å². The molecule has 1 aromatic carbocycles. The van der Waals surface area contributed by atoms with Gasteiger partial charge in [0.25, 0.3) is 0 Å². The second-order valence-corrected chi connectivity index (χ2v) is 6.93. The standard InChI is InChI=1S/C16H21Br2N3/c1-12(2)21-15(19-11-20-21)8-16(9-17,10-18)14-6-4-13(3)5-7-14/h4-7,11-12H,8-10H2,1-3H3. The lowest BCUT2D eigenvalue weighted by atomic mass is 9.81. The molecule has 0 fully saturated rings. The van der Waals surface area contributed by atoms with E-state index in [1.54, 1.807) is 6.33 Å². The highest BCUT2D eigenvalue weighted by Crippen LogP contribution is 2.33. The van der Waals surface area contributed by atoms with Crippen LogP contribution in [0.3, 0.4) is 0 Å². The van der Waals surface area contributed by atoms with Crippen LogP contribution < -0.4 is 0 Å². The molecule has 0 N–H and O–H groups in total. The Bertz CT molecular complexity index is 571. The van der Waals surface area contributed by atoms with E-state index in [9.17, 15) is 0 Å². The van der Waals surface area contributed by atoms with Gasteiger partial charge < -0.3 is 0 Å². The molecule has 5 heteroatoms. The average Bonchev–Trinajstić information content (AvgIpc) is 2.94. The molecule has 1 heterocycles. The smallest absolute Gasteiger partial charge is 0.138 e. The largest absolute Gasteiger partial charge is 0.248 e. The van der Waals surface area contributed by atoms with Crippen molar-refractivity contribution in [3.8, 4) is 0 Å². The van der Waals surface area contributed by atoms with Crippen LogP contribution in [-0.2, 0) is 11.8 Å². The first kappa shape index (κ1) is 16.7. The summed E-state index contributed by atoms with van der Waals surface area (Å²) in [4.78, 5) is 4.47. The Hall–Kier alpha value is -0.680. The van der Waals surface area contributed by atoms with Crippen LogP contribution in [0.15, 0.2) is 30.6 Å². The summed E-state index contributed by atoms with van der Waals surface area (Å²) < 4.78 is 2.01. The Morgan fingerprint density at radius 1 is 1.14 bits per heavy atom. The quantitative estimate of drug-likeness (QED) is 0.654. The van der Waals surface area contributed by atoms with E-state index in [1.807, 2.05) is 4.68 Å². The summed E-state index contributed by atoms with van der Waals surface area (Å²) in [6.07, 6.45) is 2.50. The molecule has 2 rings (SSSR count). The summed E-state index contributed by atoms with van der Waals surface area (Å²) in [5.74, 6) is 1.03. The highest BCUT2D eigenvalue weighted by atomic mass is 79.9. The van der Waals surface area contributed by atoms with E-state index < -0.39 is 0 Å². The van der Waals surface area contributed by atoms with Crippen molar-refractivity contribution >= 4 is 31.9 Å². The van der Waals surface area contributed by atoms with Crippen molar-refractivity contribution in [2.75, 3.05) is 10.7 Å². The summed E-state index contributed by atoms with van der Waals surface area (Å²) in [6, 6.07) is 9.09. The van der Waals surface area contributed by atoms with E-state index in [1.165, 1.54) is 11.1 Å². The van der Waals surface area contributed by atoms with Gasteiger partial charge in [0.15, 0.2) is 0 Å². The lowest BCUT2D eigenvalue weighted by molar-refractivity contribution is 0.460. The fourth-order valence-electron chi connectivity index (χ4n) is 2.43. The monoisotopic (exact) mass is 413 g/mol. The Morgan fingerprint density at radius 3 is 2.29 bits per heavy atom. The SMILES string of the molecule is Cc1ccc(C(CBr)(CBr)Cc2ncnn2C(C)C)cc1. The molecule has 0 atom stereocenters. The van der Waals surface area contributed by atoms with Gasteiger partial charge in [0, 0.05) is 28.5 Å². The first-order valence-corrected chi connectivity index (χ1v) is 9.34. The van der Waals surface area contributed by atoms with Gasteiger partial charge >= 0.3 is 0 Å². The van der Waals surface area contributed by atoms with Crippen molar-refractivity contribution in [2.24, 2.45) is 0 Å². The van der Waals surface area contributed by atoms with Crippen LogP contribution in [0, 0.1) is 6.92 Å². The molecular formula is C16H21Br2N3. The molecule has 0 aliphatic rings. The second-order valence-electron chi connectivity index (χ2n) is 5.80. The summed E-state index contributed by atoms with van der Waals surface area (Å²) >= 11 is 7.42. The molecule has 1 aromatic heterocycles. The Kier molecular flexibility index (Phi) is 5.60. The fourth-order valence-corrected chi connectivity index (χ4v) is 4.40. The van der Waals surface area contributed by atoms with Gasteiger partial charge in [0.1, 0.15) is 12.2 Å². The van der Waals surface area contributed by atoms with E-state index >= 15 is 0 Å². The van der Waals surface area contributed by atoms with Crippen molar-refractivity contribution < 1.29 is 0 Å². The minimum atomic E-state index is -0.0205. The van der Waals surface area contributed by atoms with E-state index in [0.29, 0.717) is 6.04 Å². The maximum absolute atomic E-state index is 4.47. The summed E-state index contributed by atoms with van der Waals surface area (Å²) in [5.41, 5.74) is 2.58. The molecule has 2 aromatic rings. The maximum Gasteiger partial charge on any atom is 0.138 e. The Labute approximate surface area is 143 Å². The number of nitrogens with zero attached hydrogens (tertiary/aromatic N) is 3. The molecule has 0 saturated heterocycles. The Balaban J connectivity index is 2.38. The van der Waals surface area contributed by atoms with Gasteiger partial charge in [-0.05, 0) is 26.3 Å². The third kappa shape index (κ3) is 3.57. The lowest BCUT2D eigenvalue weighted by Crippen LogP contribution is -2.34. The van der Waals surface area contributed by atoms with Gasteiger partial charge in [-0.25, -0.2) is 9.67 Å². The zero-order chi connectivity index (χ0) is 15.5. The zero-order valence-electron chi connectivity index (χ0n) is 12.7. The van der Waals surface area contributed by atoms with Crippen molar-refractivity contribution in [1.29, 1.82) is 0 Å². The molecule has 3 nitrogen and oxygen atoms in total. The first-order valence-electron chi connectivity index (χ1n) is 7.10. The number of aromatic nitrogens is 3. The fraction of sp³-hybridized carbons (Fsp3) is 0.500. The molecule has 0 aliphatic heterocycles. The number of aryl methyl sites for hydroxylation is 1. The van der Waals surface area contributed by atoms with Gasteiger partial charge in [0.2, 0.25) is 0 Å².